The Kier molecular flexibility index (Phi) is 6.51. The molecule has 0 spiro atoms. The molecular formula is C16H23N3O5. The smallest absolute Gasteiger partial charge is 0.407 e. The van der Waals surface area contributed by atoms with Crippen molar-refractivity contribution in [3.63, 3.8) is 0 Å². The first kappa shape index (κ1) is 18.2. The second-order valence-electron chi connectivity index (χ2n) is 5.40. The summed E-state index contributed by atoms with van der Waals surface area (Å²) in [5.41, 5.74) is 0.568. The summed E-state index contributed by atoms with van der Waals surface area (Å²) in [4.78, 5) is 21.1. The van der Waals surface area contributed by atoms with E-state index in [2.05, 4.69) is 9.97 Å². The van der Waals surface area contributed by atoms with Gasteiger partial charge >= 0.3 is 12.1 Å². The summed E-state index contributed by atoms with van der Waals surface area (Å²) in [6.45, 7) is 2.28. The number of methoxy groups -OCH3 is 2. The predicted molar refractivity (Wildman–Crippen MR) is 85.8 cm³/mol. The van der Waals surface area contributed by atoms with Crippen LogP contribution >= 0.6 is 0 Å². The SMILES string of the molecule is CC=CC1CC(Oc2nccc(C(OC)OC)n2)CCN1C(=O)O. The number of amides is 1. The van der Waals surface area contributed by atoms with Gasteiger partial charge in [-0.25, -0.2) is 9.78 Å². The molecule has 132 valence electrons. The van der Waals surface area contributed by atoms with Crippen LogP contribution in [0.3, 0.4) is 0 Å². The molecule has 1 fully saturated rings. The van der Waals surface area contributed by atoms with Gasteiger partial charge in [-0.2, -0.15) is 4.98 Å². The lowest BCUT2D eigenvalue weighted by Crippen LogP contribution is -2.47. The number of carboxylic acid groups (broad SMARTS) is 1. The van der Waals surface area contributed by atoms with Gasteiger partial charge in [0.15, 0.2) is 0 Å². The number of allylic oxidation sites excluding steroid dienone is 1. The molecule has 1 aliphatic rings. The molecule has 1 aromatic heterocycles. The van der Waals surface area contributed by atoms with E-state index in [0.717, 1.165) is 0 Å². The van der Waals surface area contributed by atoms with Gasteiger partial charge in [-0.15, -0.1) is 0 Å². The Morgan fingerprint density at radius 1 is 1.46 bits per heavy atom. The first-order valence-corrected chi connectivity index (χ1v) is 7.76. The van der Waals surface area contributed by atoms with E-state index < -0.39 is 12.4 Å². The highest BCUT2D eigenvalue weighted by Gasteiger charge is 2.31. The van der Waals surface area contributed by atoms with Crippen molar-refractivity contribution in [1.29, 1.82) is 0 Å². The van der Waals surface area contributed by atoms with Gasteiger partial charge in [-0.1, -0.05) is 12.2 Å². The van der Waals surface area contributed by atoms with Crippen molar-refractivity contribution in [3.05, 3.63) is 30.1 Å². The van der Waals surface area contributed by atoms with Crippen LogP contribution in [0.25, 0.3) is 0 Å². The molecule has 8 heteroatoms. The van der Waals surface area contributed by atoms with Crippen LogP contribution in [0.2, 0.25) is 0 Å². The number of nitrogens with zero attached hydrogens (tertiary/aromatic N) is 3. The number of ether oxygens (including phenoxy) is 3. The summed E-state index contributed by atoms with van der Waals surface area (Å²) in [5, 5.41) is 9.26. The molecule has 0 radical (unpaired) electrons. The Morgan fingerprint density at radius 3 is 2.83 bits per heavy atom. The Bertz CT molecular complexity index is 577. The van der Waals surface area contributed by atoms with Gasteiger partial charge in [0.05, 0.1) is 6.04 Å². The molecule has 2 heterocycles. The molecule has 1 saturated heterocycles. The van der Waals surface area contributed by atoms with Crippen molar-refractivity contribution in [1.82, 2.24) is 14.9 Å². The van der Waals surface area contributed by atoms with Gasteiger partial charge < -0.3 is 24.2 Å². The Labute approximate surface area is 141 Å². The van der Waals surface area contributed by atoms with Gasteiger partial charge in [0.1, 0.15) is 11.8 Å². The molecule has 1 aliphatic heterocycles. The Balaban J connectivity index is 2.06. The van der Waals surface area contributed by atoms with E-state index in [4.69, 9.17) is 14.2 Å². The lowest BCUT2D eigenvalue weighted by atomic mass is 9.99. The third kappa shape index (κ3) is 4.42. The van der Waals surface area contributed by atoms with Crippen LogP contribution in [0.5, 0.6) is 6.01 Å². The van der Waals surface area contributed by atoms with Gasteiger partial charge in [0.2, 0.25) is 6.29 Å². The van der Waals surface area contributed by atoms with Crippen LogP contribution in [0.1, 0.15) is 31.7 Å². The normalized spacial score (nSPS) is 21.4. The lowest BCUT2D eigenvalue weighted by Gasteiger charge is -2.35. The van der Waals surface area contributed by atoms with E-state index in [0.29, 0.717) is 25.1 Å². The maximum absolute atomic E-state index is 11.3. The minimum absolute atomic E-state index is 0.152. The molecule has 8 nitrogen and oxygen atoms in total. The third-order valence-corrected chi connectivity index (χ3v) is 3.85. The number of rotatable bonds is 6. The van der Waals surface area contributed by atoms with E-state index in [9.17, 15) is 9.90 Å². The van der Waals surface area contributed by atoms with Crippen LogP contribution in [0.15, 0.2) is 24.4 Å². The zero-order valence-corrected chi connectivity index (χ0v) is 14.1. The molecule has 2 atom stereocenters. The quantitative estimate of drug-likeness (QED) is 0.628. The van der Waals surface area contributed by atoms with Crippen molar-refractivity contribution in [2.24, 2.45) is 0 Å². The topological polar surface area (TPSA) is 94.0 Å². The highest BCUT2D eigenvalue weighted by Crippen LogP contribution is 2.23. The van der Waals surface area contributed by atoms with Gasteiger partial charge in [-0.05, 0) is 13.0 Å². The molecule has 1 N–H and O–H groups in total. The van der Waals surface area contributed by atoms with E-state index in [1.165, 1.54) is 19.1 Å². The zero-order valence-electron chi connectivity index (χ0n) is 14.1. The molecule has 0 aliphatic carbocycles. The second-order valence-corrected chi connectivity index (χ2v) is 5.40. The van der Waals surface area contributed by atoms with Crippen LogP contribution in [0.4, 0.5) is 4.79 Å². The van der Waals surface area contributed by atoms with E-state index in [-0.39, 0.29) is 18.2 Å². The van der Waals surface area contributed by atoms with Crippen molar-refractivity contribution in [3.8, 4) is 6.01 Å². The minimum atomic E-state index is -0.919. The number of hydrogen-bond acceptors (Lipinski definition) is 6. The predicted octanol–water partition coefficient (Wildman–Crippen LogP) is 2.23. The summed E-state index contributed by atoms with van der Waals surface area (Å²) >= 11 is 0. The minimum Gasteiger partial charge on any atom is -0.465 e. The highest BCUT2D eigenvalue weighted by molar-refractivity contribution is 5.66. The van der Waals surface area contributed by atoms with Crippen LogP contribution in [0, 0.1) is 0 Å². The third-order valence-electron chi connectivity index (χ3n) is 3.85. The van der Waals surface area contributed by atoms with Crippen LogP contribution < -0.4 is 4.74 Å². The van der Waals surface area contributed by atoms with Gasteiger partial charge in [-0.3, -0.25) is 0 Å². The fourth-order valence-electron chi connectivity index (χ4n) is 2.74. The molecule has 1 amide bonds. The average Bonchev–Trinajstić information content (AvgIpc) is 2.57. The van der Waals surface area contributed by atoms with Crippen molar-refractivity contribution in [2.45, 2.75) is 38.2 Å². The Hall–Kier alpha value is -2.19. The fraction of sp³-hybridized carbons (Fsp3) is 0.562. The fourth-order valence-corrected chi connectivity index (χ4v) is 2.74. The molecule has 0 aromatic carbocycles. The first-order chi connectivity index (χ1) is 11.6. The molecular weight excluding hydrogens is 314 g/mol. The standard InChI is InChI=1S/C16H23N3O5/c1-4-5-11-10-12(7-9-19(11)16(20)21)24-15-17-8-6-13(18-15)14(22-2)23-3/h4-6,8,11-12,14H,7,9-10H2,1-3H3,(H,20,21). The van der Waals surface area contributed by atoms with E-state index in [1.54, 1.807) is 12.3 Å². The second kappa shape index (κ2) is 8.60. The number of likely N-dealkylation sites (tertiary alicyclic amines) is 1. The molecule has 0 bridgehead atoms. The summed E-state index contributed by atoms with van der Waals surface area (Å²) < 4.78 is 16.2. The monoisotopic (exact) mass is 337 g/mol. The average molecular weight is 337 g/mol. The summed E-state index contributed by atoms with van der Waals surface area (Å²) in [5.74, 6) is 0. The maximum atomic E-state index is 11.3. The highest BCUT2D eigenvalue weighted by atomic mass is 16.7. The number of piperidine rings is 1. The first-order valence-electron chi connectivity index (χ1n) is 7.76. The van der Waals surface area contributed by atoms with Gasteiger partial charge in [0.25, 0.3) is 0 Å². The van der Waals surface area contributed by atoms with Crippen LogP contribution in [-0.4, -0.2) is 59.0 Å². The molecule has 24 heavy (non-hydrogen) atoms. The number of hydrogen-bond donors (Lipinski definition) is 1. The van der Waals surface area contributed by atoms with E-state index in [1.807, 2.05) is 19.1 Å². The van der Waals surface area contributed by atoms with Crippen LogP contribution in [-0.2, 0) is 9.47 Å². The zero-order chi connectivity index (χ0) is 17.5. The Morgan fingerprint density at radius 2 is 2.21 bits per heavy atom. The number of carbonyl (C=O) groups is 1. The van der Waals surface area contributed by atoms with Crippen molar-refractivity contribution < 1.29 is 24.1 Å². The summed E-state index contributed by atoms with van der Waals surface area (Å²) in [6, 6.07) is 1.72. The molecule has 1 aromatic rings. The molecule has 0 saturated carbocycles. The largest absolute Gasteiger partial charge is 0.465 e. The van der Waals surface area contributed by atoms with Crippen molar-refractivity contribution >= 4 is 6.09 Å². The summed E-state index contributed by atoms with van der Waals surface area (Å²) in [7, 11) is 3.06. The number of aromatic nitrogens is 2. The van der Waals surface area contributed by atoms with E-state index >= 15 is 0 Å². The lowest BCUT2D eigenvalue weighted by molar-refractivity contribution is -0.109. The van der Waals surface area contributed by atoms with Gasteiger partial charge in [0, 0.05) is 39.8 Å². The van der Waals surface area contributed by atoms with Crippen molar-refractivity contribution in [2.75, 3.05) is 20.8 Å². The molecule has 2 rings (SSSR count). The summed E-state index contributed by atoms with van der Waals surface area (Å²) in [6.07, 6.45) is 4.79. The maximum Gasteiger partial charge on any atom is 0.407 e. The molecule has 2 unspecified atom stereocenters.